The van der Waals surface area contributed by atoms with Crippen LogP contribution in [0.4, 0.5) is 5.69 Å². The molecule has 1 aromatic rings. The molecule has 5 nitrogen and oxygen atoms in total. The quantitative estimate of drug-likeness (QED) is 0.133. The predicted molar refractivity (Wildman–Crippen MR) is 133 cm³/mol. The number of amides is 2. The van der Waals surface area contributed by atoms with E-state index in [1.807, 2.05) is 0 Å². The first-order chi connectivity index (χ1) is 15.4. The molecule has 0 N–H and O–H groups in total. The van der Waals surface area contributed by atoms with E-state index in [0.717, 1.165) is 12.8 Å². The molecule has 1 saturated carbocycles. The number of ether oxygens (including phenoxy) is 1. The molecule has 176 valence electrons. The Labute approximate surface area is 207 Å². The molecule has 0 radical (unpaired) electrons. The van der Waals surface area contributed by atoms with Crippen LogP contribution in [0.5, 0.6) is 0 Å². The van der Waals surface area contributed by atoms with Crippen LogP contribution in [-0.2, 0) is 14.3 Å². The Morgan fingerprint density at radius 2 is 1.38 bits per heavy atom. The summed E-state index contributed by atoms with van der Waals surface area (Å²) in [4.78, 5) is 39.8. The Morgan fingerprint density at radius 3 is 1.91 bits per heavy atom. The largest absolute Gasteiger partial charge is 0.462 e. The van der Waals surface area contributed by atoms with Gasteiger partial charge in [-0.25, -0.2) is 4.79 Å². The van der Waals surface area contributed by atoms with E-state index in [9.17, 15) is 14.4 Å². The molecular weight excluding hydrogens is 538 g/mol. The summed E-state index contributed by atoms with van der Waals surface area (Å²) in [6.07, 6.45) is 10.8. The molecule has 1 aliphatic heterocycles. The van der Waals surface area contributed by atoms with E-state index in [1.54, 1.807) is 24.3 Å². The highest BCUT2D eigenvalue weighted by molar-refractivity contribution is 9.12. The minimum Gasteiger partial charge on any atom is -0.462 e. The number of alkyl halides is 2. The van der Waals surface area contributed by atoms with Gasteiger partial charge < -0.3 is 4.74 Å². The lowest BCUT2D eigenvalue weighted by molar-refractivity contribution is -0.122. The van der Waals surface area contributed by atoms with E-state index in [0.29, 0.717) is 30.7 Å². The zero-order chi connectivity index (χ0) is 23.1. The first-order valence-corrected chi connectivity index (χ1v) is 13.7. The Balaban J connectivity index is 1.46. The lowest BCUT2D eigenvalue weighted by Crippen LogP contribution is -2.34. The molecule has 0 unspecified atom stereocenters. The number of benzene rings is 1. The maximum absolute atomic E-state index is 12.9. The fourth-order valence-electron chi connectivity index (χ4n) is 4.58. The summed E-state index contributed by atoms with van der Waals surface area (Å²) in [5, 5.41) is 0. The van der Waals surface area contributed by atoms with Crippen LogP contribution in [0.2, 0.25) is 0 Å². The molecule has 2 fully saturated rings. The fraction of sp³-hybridized carbons (Fsp3) is 0.640. The monoisotopic (exact) mass is 569 g/mol. The molecule has 3 rings (SSSR count). The molecule has 4 atom stereocenters. The van der Waals surface area contributed by atoms with Crippen molar-refractivity contribution >= 4 is 55.3 Å². The second-order valence-corrected chi connectivity index (χ2v) is 11.2. The Bertz CT molecular complexity index is 770. The zero-order valence-corrected chi connectivity index (χ0v) is 21.9. The average Bonchev–Trinajstić information content (AvgIpc) is 3.02. The summed E-state index contributed by atoms with van der Waals surface area (Å²) in [5.74, 6) is -1.21. The van der Waals surface area contributed by atoms with Crippen LogP contribution in [0.25, 0.3) is 0 Å². The first kappa shape index (κ1) is 25.4. The predicted octanol–water partition coefficient (Wildman–Crippen LogP) is 6.41. The maximum atomic E-state index is 12.9. The molecule has 1 aliphatic carbocycles. The number of nitrogens with zero attached hydrogens (tertiary/aromatic N) is 1. The standard InChI is InChI=1S/C25H33Br2NO4/c1-2-3-4-5-6-7-8-9-14-32-25(31)17-10-12-18(13-11-17)28-23(29)19-15-21(26)22(27)16-20(19)24(28)30/h10-13,19-22H,2-9,14-16H2,1H3/t19-,20-,21+,22+/m1/s1. The second kappa shape index (κ2) is 12.3. The third kappa shape index (κ3) is 6.22. The minimum atomic E-state index is -0.364. The average molecular weight is 571 g/mol. The van der Waals surface area contributed by atoms with Crippen molar-refractivity contribution < 1.29 is 19.1 Å². The van der Waals surface area contributed by atoms with Gasteiger partial charge in [-0.05, 0) is 43.5 Å². The number of carbonyl (C=O) groups excluding carboxylic acids is 3. The lowest BCUT2D eigenvalue weighted by Gasteiger charge is -2.29. The molecule has 1 heterocycles. The van der Waals surface area contributed by atoms with Gasteiger partial charge in [0.05, 0.1) is 29.7 Å². The van der Waals surface area contributed by atoms with Crippen molar-refractivity contribution in [1.82, 2.24) is 0 Å². The number of fused-ring (bicyclic) bond motifs is 1. The summed E-state index contributed by atoms with van der Waals surface area (Å²) >= 11 is 7.21. The normalized spacial score (nSPS) is 25.2. The van der Waals surface area contributed by atoms with Gasteiger partial charge in [-0.2, -0.15) is 0 Å². The number of rotatable bonds is 11. The smallest absolute Gasteiger partial charge is 0.338 e. The van der Waals surface area contributed by atoms with Gasteiger partial charge in [-0.15, -0.1) is 0 Å². The number of unbranched alkanes of at least 4 members (excludes halogenated alkanes) is 7. The summed E-state index contributed by atoms with van der Waals surface area (Å²) in [6, 6.07) is 6.59. The Kier molecular flexibility index (Phi) is 9.77. The van der Waals surface area contributed by atoms with Crippen LogP contribution in [-0.4, -0.2) is 34.0 Å². The van der Waals surface area contributed by atoms with E-state index in [1.165, 1.54) is 43.4 Å². The van der Waals surface area contributed by atoms with E-state index < -0.39 is 0 Å². The van der Waals surface area contributed by atoms with Crippen LogP contribution in [0.15, 0.2) is 24.3 Å². The summed E-state index contributed by atoms with van der Waals surface area (Å²) in [7, 11) is 0. The summed E-state index contributed by atoms with van der Waals surface area (Å²) in [5.41, 5.74) is 0.956. The van der Waals surface area contributed by atoms with Gasteiger partial charge in [-0.1, -0.05) is 83.7 Å². The van der Waals surface area contributed by atoms with Crippen molar-refractivity contribution in [3.63, 3.8) is 0 Å². The molecule has 2 amide bonds. The highest BCUT2D eigenvalue weighted by Gasteiger charge is 2.52. The van der Waals surface area contributed by atoms with E-state index in [2.05, 4.69) is 38.8 Å². The number of esters is 1. The van der Waals surface area contributed by atoms with Crippen molar-refractivity contribution in [1.29, 1.82) is 0 Å². The molecule has 32 heavy (non-hydrogen) atoms. The van der Waals surface area contributed by atoms with Crippen molar-refractivity contribution in [2.24, 2.45) is 11.8 Å². The third-order valence-corrected chi connectivity index (χ3v) is 9.24. The fourth-order valence-corrected chi connectivity index (χ4v) is 5.82. The third-order valence-electron chi connectivity index (χ3n) is 6.50. The highest BCUT2D eigenvalue weighted by Crippen LogP contribution is 2.44. The summed E-state index contributed by atoms with van der Waals surface area (Å²) in [6.45, 7) is 2.64. The van der Waals surface area contributed by atoms with Crippen molar-refractivity contribution in [3.05, 3.63) is 29.8 Å². The number of hydrogen-bond acceptors (Lipinski definition) is 4. The molecule has 2 aliphatic rings. The molecule has 0 aromatic heterocycles. The van der Waals surface area contributed by atoms with Gasteiger partial charge >= 0.3 is 5.97 Å². The molecule has 7 heteroatoms. The zero-order valence-electron chi connectivity index (χ0n) is 18.7. The second-order valence-electron chi connectivity index (χ2n) is 8.89. The van der Waals surface area contributed by atoms with Crippen LogP contribution in [0, 0.1) is 11.8 Å². The van der Waals surface area contributed by atoms with E-state index in [-0.39, 0.29) is 39.3 Å². The lowest BCUT2D eigenvalue weighted by atomic mass is 9.81. The molecule has 1 aromatic carbocycles. The first-order valence-electron chi connectivity index (χ1n) is 11.9. The van der Waals surface area contributed by atoms with Crippen molar-refractivity contribution in [3.8, 4) is 0 Å². The van der Waals surface area contributed by atoms with E-state index in [4.69, 9.17) is 4.74 Å². The van der Waals surface area contributed by atoms with Gasteiger partial charge in [0, 0.05) is 9.65 Å². The van der Waals surface area contributed by atoms with E-state index >= 15 is 0 Å². The molecule has 0 spiro atoms. The van der Waals surface area contributed by atoms with Gasteiger partial charge in [0.1, 0.15) is 0 Å². The van der Waals surface area contributed by atoms with Crippen LogP contribution in [0.3, 0.4) is 0 Å². The SMILES string of the molecule is CCCCCCCCCCOC(=O)c1ccc(N2C(=O)[C@@H]3C[C@H](Br)[C@@H](Br)C[C@H]3C2=O)cc1. The summed E-state index contributed by atoms with van der Waals surface area (Å²) < 4.78 is 5.38. The Morgan fingerprint density at radius 1 is 0.875 bits per heavy atom. The van der Waals surface area contributed by atoms with Crippen LogP contribution < -0.4 is 4.90 Å². The highest BCUT2D eigenvalue weighted by atomic mass is 79.9. The van der Waals surface area contributed by atoms with Crippen LogP contribution in [0.1, 0.15) is 81.5 Å². The number of halogens is 2. The Hall–Kier alpha value is -1.21. The maximum Gasteiger partial charge on any atom is 0.338 e. The number of carbonyl (C=O) groups is 3. The van der Waals surface area contributed by atoms with Gasteiger partial charge in [0.25, 0.3) is 0 Å². The van der Waals surface area contributed by atoms with Crippen molar-refractivity contribution in [2.75, 3.05) is 11.5 Å². The minimum absolute atomic E-state index is 0.145. The molecule has 1 saturated heterocycles. The molecule has 0 bridgehead atoms. The van der Waals surface area contributed by atoms with Crippen LogP contribution >= 0.6 is 31.9 Å². The van der Waals surface area contributed by atoms with Gasteiger partial charge in [0.2, 0.25) is 11.8 Å². The van der Waals surface area contributed by atoms with Gasteiger partial charge in [-0.3, -0.25) is 14.5 Å². The van der Waals surface area contributed by atoms with Crippen molar-refractivity contribution in [2.45, 2.75) is 80.8 Å². The topological polar surface area (TPSA) is 63.7 Å². The number of hydrogen-bond donors (Lipinski definition) is 0. The number of imide groups is 1. The van der Waals surface area contributed by atoms with Gasteiger partial charge in [0.15, 0.2) is 0 Å². The number of anilines is 1. The molecular formula is C25H33Br2NO4.